The average molecular weight is 380 g/mol. The van der Waals surface area contributed by atoms with Crippen molar-refractivity contribution in [2.75, 3.05) is 11.9 Å². The van der Waals surface area contributed by atoms with E-state index in [1.807, 2.05) is 26.0 Å². The third kappa shape index (κ3) is 4.39. The predicted molar refractivity (Wildman–Crippen MR) is 88.9 cm³/mol. The number of aryl methyl sites for hydroxylation is 2. The maximum Gasteiger partial charge on any atom is 0.341 e. The summed E-state index contributed by atoms with van der Waals surface area (Å²) in [4.78, 5) is 23.6. The summed E-state index contributed by atoms with van der Waals surface area (Å²) in [5.41, 5.74) is 2.49. The molecule has 0 saturated carbocycles. The second kappa shape index (κ2) is 7.37. The number of hydrogen-bond acceptors (Lipinski definition) is 3. The van der Waals surface area contributed by atoms with Crippen LogP contribution in [0.4, 0.5) is 10.1 Å². The molecule has 0 radical (unpaired) electrons. The van der Waals surface area contributed by atoms with E-state index in [0.717, 1.165) is 21.7 Å². The Morgan fingerprint density at radius 2 is 1.83 bits per heavy atom. The Balaban J connectivity index is 1.97. The number of anilines is 1. The summed E-state index contributed by atoms with van der Waals surface area (Å²) in [5.74, 6) is -2.06. The number of carbonyl (C=O) groups is 2. The van der Waals surface area contributed by atoms with Crippen molar-refractivity contribution in [3.05, 3.63) is 63.4 Å². The van der Waals surface area contributed by atoms with Gasteiger partial charge in [-0.2, -0.15) is 0 Å². The molecule has 0 unspecified atom stereocenters. The van der Waals surface area contributed by atoms with Crippen LogP contribution in [0.25, 0.3) is 0 Å². The molecule has 0 aliphatic rings. The molecule has 1 amide bonds. The van der Waals surface area contributed by atoms with Crippen molar-refractivity contribution in [2.45, 2.75) is 13.8 Å². The van der Waals surface area contributed by atoms with E-state index in [9.17, 15) is 14.0 Å². The van der Waals surface area contributed by atoms with Crippen LogP contribution in [0.5, 0.6) is 0 Å². The normalized spacial score (nSPS) is 10.3. The predicted octanol–water partition coefficient (Wildman–Crippen LogP) is 4.00. The highest BCUT2D eigenvalue weighted by molar-refractivity contribution is 9.10. The largest absolute Gasteiger partial charge is 0.452 e. The number of benzene rings is 2. The number of esters is 1. The Bertz CT molecular complexity index is 761. The number of rotatable bonds is 4. The van der Waals surface area contributed by atoms with Crippen molar-refractivity contribution in [2.24, 2.45) is 0 Å². The maximum absolute atomic E-state index is 13.4. The number of hydrogen-bond donors (Lipinski definition) is 1. The Labute approximate surface area is 141 Å². The van der Waals surface area contributed by atoms with Gasteiger partial charge < -0.3 is 10.1 Å². The van der Waals surface area contributed by atoms with E-state index in [4.69, 9.17) is 4.74 Å². The minimum absolute atomic E-state index is 0.201. The number of ether oxygens (including phenoxy) is 1. The molecule has 2 rings (SSSR count). The zero-order valence-corrected chi connectivity index (χ0v) is 14.2. The van der Waals surface area contributed by atoms with Crippen molar-refractivity contribution in [3.63, 3.8) is 0 Å². The van der Waals surface area contributed by atoms with Gasteiger partial charge in [-0.05, 0) is 65.2 Å². The first kappa shape index (κ1) is 17.1. The maximum atomic E-state index is 13.4. The van der Waals surface area contributed by atoms with Crippen LogP contribution in [0.3, 0.4) is 0 Å². The molecule has 0 aromatic heterocycles. The highest BCUT2D eigenvalue weighted by Crippen LogP contribution is 2.26. The summed E-state index contributed by atoms with van der Waals surface area (Å²) in [6, 6.07) is 9.15. The summed E-state index contributed by atoms with van der Waals surface area (Å²) in [6.07, 6.45) is 0. The molecule has 4 nitrogen and oxygen atoms in total. The highest BCUT2D eigenvalue weighted by Gasteiger charge is 2.15. The van der Waals surface area contributed by atoms with Crippen LogP contribution in [-0.4, -0.2) is 18.5 Å². The summed E-state index contributed by atoms with van der Waals surface area (Å²) in [6.45, 7) is 3.39. The van der Waals surface area contributed by atoms with Crippen molar-refractivity contribution in [1.29, 1.82) is 0 Å². The first-order valence-corrected chi connectivity index (χ1v) is 7.66. The van der Waals surface area contributed by atoms with Gasteiger partial charge in [0.2, 0.25) is 0 Å². The molecular weight excluding hydrogens is 365 g/mol. The van der Waals surface area contributed by atoms with E-state index in [0.29, 0.717) is 5.69 Å². The molecule has 0 aliphatic carbocycles. The molecule has 0 aliphatic heterocycles. The number of amides is 1. The van der Waals surface area contributed by atoms with Crippen molar-refractivity contribution < 1.29 is 18.7 Å². The van der Waals surface area contributed by atoms with E-state index in [2.05, 4.69) is 21.2 Å². The van der Waals surface area contributed by atoms with Crippen LogP contribution >= 0.6 is 15.9 Å². The zero-order chi connectivity index (χ0) is 17.0. The van der Waals surface area contributed by atoms with Gasteiger partial charge in [0.05, 0.1) is 11.3 Å². The molecular formula is C17H15BrFNO3. The van der Waals surface area contributed by atoms with Gasteiger partial charge in [0, 0.05) is 4.47 Å². The third-order valence-corrected chi connectivity index (χ3v) is 3.94. The summed E-state index contributed by atoms with van der Waals surface area (Å²) in [7, 11) is 0. The van der Waals surface area contributed by atoms with Gasteiger partial charge in [-0.15, -0.1) is 0 Å². The molecule has 0 heterocycles. The fraction of sp³-hybridized carbons (Fsp3) is 0.176. The molecule has 0 spiro atoms. The topological polar surface area (TPSA) is 55.4 Å². The van der Waals surface area contributed by atoms with Crippen molar-refractivity contribution >= 4 is 33.5 Å². The lowest BCUT2D eigenvalue weighted by molar-refractivity contribution is -0.119. The summed E-state index contributed by atoms with van der Waals surface area (Å²) < 4.78 is 19.0. The molecule has 0 atom stereocenters. The minimum atomic E-state index is -0.877. The lowest BCUT2D eigenvalue weighted by Crippen LogP contribution is -2.21. The monoisotopic (exact) mass is 379 g/mol. The van der Waals surface area contributed by atoms with Crippen molar-refractivity contribution in [3.8, 4) is 0 Å². The molecule has 1 N–H and O–H groups in total. The minimum Gasteiger partial charge on any atom is -0.452 e. The zero-order valence-electron chi connectivity index (χ0n) is 12.7. The van der Waals surface area contributed by atoms with Gasteiger partial charge in [-0.3, -0.25) is 4.79 Å². The standard InChI is InChI=1S/C17H15BrFNO3/c1-10-7-13(18)15(8-11(10)2)20-16(21)9-23-17(22)12-5-3-4-6-14(12)19/h3-8H,9H2,1-2H3,(H,20,21). The average Bonchev–Trinajstić information content (AvgIpc) is 2.51. The van der Waals surface area contributed by atoms with Gasteiger partial charge in [0.15, 0.2) is 6.61 Å². The molecule has 2 aromatic carbocycles. The van der Waals surface area contributed by atoms with E-state index >= 15 is 0 Å². The fourth-order valence-corrected chi connectivity index (χ4v) is 2.46. The summed E-state index contributed by atoms with van der Waals surface area (Å²) in [5, 5.41) is 2.64. The molecule has 2 aromatic rings. The van der Waals surface area contributed by atoms with Crippen LogP contribution in [0.2, 0.25) is 0 Å². The second-order valence-electron chi connectivity index (χ2n) is 5.02. The van der Waals surface area contributed by atoms with E-state index in [-0.39, 0.29) is 5.56 Å². The molecule has 0 fully saturated rings. The Morgan fingerprint density at radius 3 is 2.52 bits per heavy atom. The highest BCUT2D eigenvalue weighted by atomic mass is 79.9. The van der Waals surface area contributed by atoms with Gasteiger partial charge >= 0.3 is 5.97 Å². The van der Waals surface area contributed by atoms with Crippen LogP contribution < -0.4 is 5.32 Å². The molecule has 120 valence electrons. The van der Waals surface area contributed by atoms with Crippen LogP contribution in [0, 0.1) is 19.7 Å². The quantitative estimate of drug-likeness (QED) is 0.816. The fourth-order valence-electron chi connectivity index (χ4n) is 1.90. The number of nitrogens with one attached hydrogen (secondary N) is 1. The molecule has 0 bridgehead atoms. The molecule has 0 saturated heterocycles. The van der Waals surface area contributed by atoms with Gasteiger partial charge in [0.25, 0.3) is 5.91 Å². The lowest BCUT2D eigenvalue weighted by atomic mass is 10.1. The summed E-state index contributed by atoms with van der Waals surface area (Å²) >= 11 is 3.36. The Hall–Kier alpha value is -2.21. The second-order valence-corrected chi connectivity index (χ2v) is 5.87. The van der Waals surface area contributed by atoms with Crippen LogP contribution in [0.1, 0.15) is 21.5 Å². The van der Waals surface area contributed by atoms with Crippen molar-refractivity contribution in [1.82, 2.24) is 0 Å². The number of carbonyl (C=O) groups excluding carboxylic acids is 2. The van der Waals surface area contributed by atoms with E-state index in [1.165, 1.54) is 18.2 Å². The van der Waals surface area contributed by atoms with E-state index < -0.39 is 24.3 Å². The van der Waals surface area contributed by atoms with Gasteiger partial charge in [-0.25, -0.2) is 9.18 Å². The SMILES string of the molecule is Cc1cc(Br)c(NC(=O)COC(=O)c2ccccc2F)cc1C. The van der Waals surface area contributed by atoms with E-state index in [1.54, 1.807) is 0 Å². The third-order valence-electron chi connectivity index (χ3n) is 3.29. The lowest BCUT2D eigenvalue weighted by Gasteiger charge is -2.11. The first-order valence-electron chi connectivity index (χ1n) is 6.86. The number of halogens is 2. The smallest absolute Gasteiger partial charge is 0.341 e. The Kier molecular flexibility index (Phi) is 5.50. The van der Waals surface area contributed by atoms with Crippen LogP contribution in [-0.2, 0) is 9.53 Å². The first-order chi connectivity index (χ1) is 10.9. The van der Waals surface area contributed by atoms with Gasteiger partial charge in [0.1, 0.15) is 5.82 Å². The van der Waals surface area contributed by atoms with Gasteiger partial charge in [-0.1, -0.05) is 12.1 Å². The molecule has 6 heteroatoms. The van der Waals surface area contributed by atoms with Crippen LogP contribution in [0.15, 0.2) is 40.9 Å². The molecule has 23 heavy (non-hydrogen) atoms. The Morgan fingerprint density at radius 1 is 1.17 bits per heavy atom.